The van der Waals surface area contributed by atoms with Gasteiger partial charge >= 0.3 is 0 Å². The van der Waals surface area contributed by atoms with Crippen LogP contribution in [0.2, 0.25) is 0 Å². The molecule has 0 aliphatic heterocycles. The summed E-state index contributed by atoms with van der Waals surface area (Å²) in [5, 5.41) is 0. The number of nitrogens with one attached hydrogen (secondary N) is 1. The summed E-state index contributed by atoms with van der Waals surface area (Å²) in [6.07, 6.45) is 0.917. The molecule has 20 heavy (non-hydrogen) atoms. The molecule has 0 unspecified atom stereocenters. The van der Waals surface area contributed by atoms with Crippen molar-refractivity contribution in [3.8, 4) is 11.5 Å². The number of primary amides is 1. The molecule has 1 aromatic carbocycles. The highest BCUT2D eigenvalue weighted by atomic mass is 79.9. The van der Waals surface area contributed by atoms with E-state index in [9.17, 15) is 4.79 Å². The predicted molar refractivity (Wildman–Crippen MR) is 78.5 cm³/mol. The van der Waals surface area contributed by atoms with E-state index in [0.717, 1.165) is 16.5 Å². The van der Waals surface area contributed by atoms with Crippen LogP contribution in [0.3, 0.4) is 0 Å². The van der Waals surface area contributed by atoms with Gasteiger partial charge in [-0.25, -0.2) is 0 Å². The lowest BCUT2D eigenvalue weighted by Gasteiger charge is -2.14. The molecule has 0 saturated carbocycles. The van der Waals surface area contributed by atoms with E-state index in [2.05, 4.69) is 21.4 Å². The summed E-state index contributed by atoms with van der Waals surface area (Å²) in [4.78, 5) is 15.4. The maximum absolute atomic E-state index is 10.5. The van der Waals surface area contributed by atoms with E-state index in [1.807, 2.05) is 19.1 Å². The van der Waals surface area contributed by atoms with Crippen LogP contribution in [0.4, 0.5) is 0 Å². The van der Waals surface area contributed by atoms with Crippen molar-refractivity contribution >= 4 is 21.8 Å². The van der Waals surface area contributed by atoms with Gasteiger partial charge in [0.05, 0.1) is 18.2 Å². The van der Waals surface area contributed by atoms with E-state index in [1.54, 1.807) is 7.11 Å². The Balaban J connectivity index is 2.69. The van der Waals surface area contributed by atoms with Gasteiger partial charge in [-0.1, -0.05) is 6.92 Å². The van der Waals surface area contributed by atoms with Crippen molar-refractivity contribution in [2.75, 3.05) is 20.3 Å². The minimum atomic E-state index is -0.528. The lowest BCUT2D eigenvalue weighted by Crippen LogP contribution is -2.24. The zero-order valence-electron chi connectivity index (χ0n) is 11.6. The number of halogens is 1. The van der Waals surface area contributed by atoms with Crippen molar-refractivity contribution in [3.63, 3.8) is 0 Å². The fraction of sp³-hybridized carbons (Fsp3) is 0.462. The summed E-state index contributed by atoms with van der Waals surface area (Å²) in [7, 11) is 1.58. The third-order valence-corrected chi connectivity index (χ3v) is 2.92. The highest BCUT2D eigenvalue weighted by Crippen LogP contribution is 2.36. The van der Waals surface area contributed by atoms with Gasteiger partial charge < -0.3 is 15.2 Å². The Kier molecular flexibility index (Phi) is 7.35. The minimum absolute atomic E-state index is 0.171. The largest absolute Gasteiger partial charge is 0.493 e. The van der Waals surface area contributed by atoms with Crippen LogP contribution in [0.5, 0.6) is 11.5 Å². The Morgan fingerprint density at radius 2 is 2.20 bits per heavy atom. The van der Waals surface area contributed by atoms with Crippen molar-refractivity contribution in [2.45, 2.75) is 19.9 Å². The SMILES string of the molecule is CCCOc1c(Br)cc(CNOCC(N)=O)cc1OC. The number of ether oxygens (including phenoxy) is 2. The molecule has 1 rings (SSSR count). The van der Waals surface area contributed by atoms with Crippen LogP contribution >= 0.6 is 15.9 Å². The number of carbonyl (C=O) groups excluding carboxylic acids is 1. The van der Waals surface area contributed by atoms with Gasteiger partial charge in [-0.05, 0) is 40.0 Å². The van der Waals surface area contributed by atoms with Crippen molar-refractivity contribution in [1.29, 1.82) is 0 Å². The zero-order valence-corrected chi connectivity index (χ0v) is 13.2. The van der Waals surface area contributed by atoms with Gasteiger partial charge in [0.15, 0.2) is 11.5 Å². The average Bonchev–Trinajstić information content (AvgIpc) is 2.41. The standard InChI is InChI=1S/C13H19BrN2O4/c1-3-4-19-13-10(14)5-9(6-11(13)18-2)7-16-20-8-12(15)17/h5-6,16H,3-4,7-8H2,1-2H3,(H2,15,17). The Morgan fingerprint density at radius 1 is 1.45 bits per heavy atom. The van der Waals surface area contributed by atoms with Gasteiger partial charge in [0.1, 0.15) is 6.61 Å². The molecular weight excluding hydrogens is 328 g/mol. The number of methoxy groups -OCH3 is 1. The second-order valence-corrected chi connectivity index (χ2v) is 4.89. The number of rotatable bonds is 9. The van der Waals surface area contributed by atoms with Crippen LogP contribution in [-0.2, 0) is 16.2 Å². The van der Waals surface area contributed by atoms with Gasteiger partial charge in [-0.15, -0.1) is 0 Å². The molecule has 0 spiro atoms. The summed E-state index contributed by atoms with van der Waals surface area (Å²) in [5.74, 6) is 0.787. The summed E-state index contributed by atoms with van der Waals surface area (Å²) >= 11 is 3.45. The molecule has 112 valence electrons. The van der Waals surface area contributed by atoms with Gasteiger partial charge in [-0.2, -0.15) is 5.48 Å². The van der Waals surface area contributed by atoms with Crippen LogP contribution in [0.25, 0.3) is 0 Å². The van der Waals surface area contributed by atoms with Crippen molar-refractivity contribution in [3.05, 3.63) is 22.2 Å². The Hall–Kier alpha value is -1.31. The number of amides is 1. The van der Waals surface area contributed by atoms with E-state index in [1.165, 1.54) is 0 Å². The third kappa shape index (κ3) is 5.36. The molecule has 1 aromatic rings. The first-order valence-electron chi connectivity index (χ1n) is 6.20. The first kappa shape index (κ1) is 16.7. The predicted octanol–water partition coefficient (Wildman–Crippen LogP) is 1.75. The lowest BCUT2D eigenvalue weighted by atomic mass is 10.2. The summed E-state index contributed by atoms with van der Waals surface area (Å²) in [5.41, 5.74) is 8.53. The highest BCUT2D eigenvalue weighted by molar-refractivity contribution is 9.10. The molecule has 0 aliphatic rings. The first-order valence-corrected chi connectivity index (χ1v) is 7.00. The van der Waals surface area contributed by atoms with E-state index in [0.29, 0.717) is 24.7 Å². The molecule has 0 fully saturated rings. The molecule has 6 nitrogen and oxygen atoms in total. The topological polar surface area (TPSA) is 82.8 Å². The van der Waals surface area contributed by atoms with Gasteiger partial charge in [0, 0.05) is 6.54 Å². The van der Waals surface area contributed by atoms with E-state index in [-0.39, 0.29) is 6.61 Å². The maximum Gasteiger partial charge on any atom is 0.245 e. The molecule has 0 heterocycles. The van der Waals surface area contributed by atoms with E-state index in [4.69, 9.17) is 20.0 Å². The smallest absolute Gasteiger partial charge is 0.245 e. The molecule has 0 saturated heterocycles. The molecule has 0 radical (unpaired) electrons. The molecule has 7 heteroatoms. The van der Waals surface area contributed by atoms with Gasteiger partial charge in [0.25, 0.3) is 0 Å². The lowest BCUT2D eigenvalue weighted by molar-refractivity contribution is -0.125. The van der Waals surface area contributed by atoms with E-state index < -0.39 is 5.91 Å². The van der Waals surface area contributed by atoms with Crippen LogP contribution in [0.1, 0.15) is 18.9 Å². The second kappa shape index (κ2) is 8.78. The van der Waals surface area contributed by atoms with Crippen molar-refractivity contribution < 1.29 is 19.1 Å². The molecule has 0 aromatic heterocycles. The fourth-order valence-electron chi connectivity index (χ4n) is 1.48. The minimum Gasteiger partial charge on any atom is -0.493 e. The van der Waals surface area contributed by atoms with Crippen molar-refractivity contribution in [1.82, 2.24) is 5.48 Å². The van der Waals surface area contributed by atoms with Gasteiger partial charge in [0.2, 0.25) is 5.91 Å². The van der Waals surface area contributed by atoms with Crippen LogP contribution in [0, 0.1) is 0 Å². The number of carbonyl (C=O) groups is 1. The Bertz CT molecular complexity index is 454. The summed E-state index contributed by atoms with van der Waals surface area (Å²) < 4.78 is 11.7. The van der Waals surface area contributed by atoms with Crippen molar-refractivity contribution in [2.24, 2.45) is 5.73 Å². The summed E-state index contributed by atoms with van der Waals surface area (Å²) in [6, 6.07) is 3.74. The number of hydrogen-bond acceptors (Lipinski definition) is 5. The highest BCUT2D eigenvalue weighted by Gasteiger charge is 2.11. The molecule has 0 aliphatic carbocycles. The molecule has 0 bridgehead atoms. The quantitative estimate of drug-likeness (QED) is 0.525. The van der Waals surface area contributed by atoms with E-state index >= 15 is 0 Å². The normalized spacial score (nSPS) is 10.3. The summed E-state index contributed by atoms with van der Waals surface area (Å²) in [6.45, 7) is 2.90. The second-order valence-electron chi connectivity index (χ2n) is 4.03. The number of nitrogens with two attached hydrogens (primary N) is 1. The van der Waals surface area contributed by atoms with Crippen LogP contribution in [-0.4, -0.2) is 26.2 Å². The zero-order chi connectivity index (χ0) is 15.0. The Labute approximate surface area is 126 Å². The monoisotopic (exact) mass is 346 g/mol. The number of benzene rings is 1. The molecule has 1 amide bonds. The first-order chi connectivity index (χ1) is 9.58. The Morgan fingerprint density at radius 3 is 2.80 bits per heavy atom. The fourth-order valence-corrected chi connectivity index (χ4v) is 2.08. The van der Waals surface area contributed by atoms with Crippen LogP contribution < -0.4 is 20.7 Å². The third-order valence-electron chi connectivity index (χ3n) is 2.33. The molecule has 3 N–H and O–H groups in total. The molecule has 0 atom stereocenters. The number of hydroxylamine groups is 1. The average molecular weight is 347 g/mol. The van der Waals surface area contributed by atoms with Crippen LogP contribution in [0.15, 0.2) is 16.6 Å². The maximum atomic E-state index is 10.5. The van der Waals surface area contributed by atoms with Gasteiger partial charge in [-0.3, -0.25) is 9.63 Å². The number of hydrogen-bond donors (Lipinski definition) is 2. The molecular formula is C13H19BrN2O4.